The molecule has 2 aliphatic carbocycles. The van der Waals surface area contributed by atoms with E-state index in [0.717, 1.165) is 35.1 Å². The van der Waals surface area contributed by atoms with Gasteiger partial charge >= 0.3 is 5.76 Å². The number of amides is 2. The van der Waals surface area contributed by atoms with E-state index in [9.17, 15) is 19.6 Å². The number of benzene rings is 2. The van der Waals surface area contributed by atoms with Crippen molar-refractivity contribution in [3.63, 3.8) is 0 Å². The molecule has 3 unspecified atom stereocenters. The molecule has 2 heterocycles. The van der Waals surface area contributed by atoms with E-state index in [2.05, 4.69) is 16.4 Å². The van der Waals surface area contributed by atoms with Gasteiger partial charge in [0.05, 0.1) is 18.0 Å². The van der Waals surface area contributed by atoms with Crippen molar-refractivity contribution in [2.24, 2.45) is 24.4 Å². The second-order valence-corrected chi connectivity index (χ2v) is 11.4. The number of carbonyl (C=O) groups is 2. The summed E-state index contributed by atoms with van der Waals surface area (Å²) in [6.45, 7) is 0.687. The molecular formula is C30H32N8O4. The first-order valence-corrected chi connectivity index (χ1v) is 14.0. The minimum absolute atomic E-state index is 0.265. The van der Waals surface area contributed by atoms with Crippen LogP contribution in [0.5, 0.6) is 0 Å². The Kier molecular flexibility index (Phi) is 6.69. The predicted octanol–water partition coefficient (Wildman–Crippen LogP) is 0.947. The number of likely N-dealkylation sites (tertiary alicyclic amines) is 1. The molecule has 1 saturated carbocycles. The van der Waals surface area contributed by atoms with Gasteiger partial charge < -0.3 is 26.2 Å². The fraction of sp³-hybridized carbons (Fsp3) is 0.400. The van der Waals surface area contributed by atoms with Crippen LogP contribution < -0.4 is 22.5 Å². The van der Waals surface area contributed by atoms with E-state index in [-0.39, 0.29) is 18.6 Å². The highest BCUT2D eigenvalue weighted by atomic mass is 16.5. The number of nitriles is 1. The van der Waals surface area contributed by atoms with Crippen LogP contribution in [-0.4, -0.2) is 57.4 Å². The molecule has 3 aromatic rings. The highest BCUT2D eigenvalue weighted by molar-refractivity contribution is 5.94. The highest BCUT2D eigenvalue weighted by Gasteiger charge is 2.53. The lowest BCUT2D eigenvalue weighted by molar-refractivity contribution is 0.0991. The fourth-order valence-corrected chi connectivity index (χ4v) is 7.01. The van der Waals surface area contributed by atoms with E-state index >= 15 is 0 Å². The molecule has 1 aliphatic heterocycles. The summed E-state index contributed by atoms with van der Waals surface area (Å²) in [5.74, 6) is -0.588. The molecule has 0 bridgehead atoms. The number of aromatic nitrogens is 2. The third-order valence-corrected chi connectivity index (χ3v) is 8.99. The van der Waals surface area contributed by atoms with Crippen LogP contribution in [0.2, 0.25) is 0 Å². The van der Waals surface area contributed by atoms with Crippen LogP contribution in [0.1, 0.15) is 68.1 Å². The second kappa shape index (κ2) is 10.3. The monoisotopic (exact) mass is 568 g/mol. The largest absolute Gasteiger partial charge is 0.459 e. The molecule has 0 spiro atoms. The van der Waals surface area contributed by atoms with Gasteiger partial charge in [0.15, 0.2) is 5.82 Å². The van der Waals surface area contributed by atoms with Crippen molar-refractivity contribution in [1.29, 1.82) is 10.7 Å². The zero-order chi connectivity index (χ0) is 29.8. The van der Waals surface area contributed by atoms with Gasteiger partial charge in [0.25, 0.3) is 0 Å². The van der Waals surface area contributed by atoms with Crippen LogP contribution in [0.4, 0.5) is 0 Å². The molecule has 6 rings (SSSR count). The number of hydrogen-bond donors (Lipinski definition) is 4. The van der Waals surface area contributed by atoms with Gasteiger partial charge in [-0.05, 0) is 91.1 Å². The van der Waals surface area contributed by atoms with Crippen LogP contribution in [0.25, 0.3) is 0 Å². The normalized spacial score (nSPS) is 21.4. The van der Waals surface area contributed by atoms with Crippen molar-refractivity contribution in [1.82, 2.24) is 19.9 Å². The van der Waals surface area contributed by atoms with Crippen molar-refractivity contribution in [2.45, 2.75) is 49.6 Å². The van der Waals surface area contributed by atoms with Gasteiger partial charge in [0.1, 0.15) is 11.9 Å². The van der Waals surface area contributed by atoms with Gasteiger partial charge in [-0.1, -0.05) is 12.1 Å². The summed E-state index contributed by atoms with van der Waals surface area (Å²) in [4.78, 5) is 42.9. The Hall–Kier alpha value is -4.76. The molecule has 216 valence electrons. The molecule has 3 aliphatic rings. The van der Waals surface area contributed by atoms with Crippen molar-refractivity contribution >= 4 is 17.6 Å². The number of fused-ring (bicyclic) bond motifs is 3. The SMILES string of the molecule is Cn1oc(=O)nc1C1(CCNCC(=N)N2C(C#N)CC3CC32)c2ccc(C(N)=O)cc2CCc2cc(C(N)=O)ccc21. The van der Waals surface area contributed by atoms with Crippen LogP contribution in [0, 0.1) is 22.7 Å². The number of nitrogens with one attached hydrogen (secondary N) is 2. The summed E-state index contributed by atoms with van der Waals surface area (Å²) in [6, 6.07) is 12.9. The maximum atomic E-state index is 12.5. The van der Waals surface area contributed by atoms with Crippen molar-refractivity contribution in [2.75, 3.05) is 13.1 Å². The minimum Gasteiger partial charge on any atom is -0.366 e. The Balaban J connectivity index is 1.42. The summed E-state index contributed by atoms with van der Waals surface area (Å²) >= 11 is 0. The maximum Gasteiger partial charge on any atom is 0.459 e. The van der Waals surface area contributed by atoms with E-state index in [4.69, 9.17) is 21.4 Å². The second-order valence-electron chi connectivity index (χ2n) is 11.4. The molecule has 6 N–H and O–H groups in total. The molecule has 1 aromatic heterocycles. The van der Waals surface area contributed by atoms with Crippen LogP contribution in [-0.2, 0) is 25.3 Å². The lowest BCUT2D eigenvalue weighted by Crippen LogP contribution is -2.44. The number of rotatable bonds is 8. The number of aryl methyl sites for hydroxylation is 3. The van der Waals surface area contributed by atoms with Crippen LogP contribution in [0.15, 0.2) is 45.7 Å². The van der Waals surface area contributed by atoms with E-state index in [1.165, 1.54) is 4.74 Å². The maximum absolute atomic E-state index is 12.5. The van der Waals surface area contributed by atoms with E-state index < -0.39 is 23.0 Å². The van der Waals surface area contributed by atoms with Gasteiger partial charge in [-0.3, -0.25) is 15.0 Å². The van der Waals surface area contributed by atoms with E-state index in [0.29, 0.717) is 54.5 Å². The van der Waals surface area contributed by atoms with Gasteiger partial charge in [-0.15, -0.1) is 0 Å². The van der Waals surface area contributed by atoms with E-state index in [1.54, 1.807) is 31.3 Å². The number of hydrogen-bond acceptors (Lipinski definition) is 8. The number of amidine groups is 1. The number of nitrogens with two attached hydrogens (primary N) is 2. The molecule has 12 heteroatoms. The molecule has 2 aromatic carbocycles. The van der Waals surface area contributed by atoms with Gasteiger partial charge in [-0.2, -0.15) is 15.0 Å². The highest BCUT2D eigenvalue weighted by Crippen LogP contribution is 2.48. The van der Waals surface area contributed by atoms with Crippen LogP contribution in [0.3, 0.4) is 0 Å². The summed E-state index contributed by atoms with van der Waals surface area (Å²) in [5, 5.41) is 21.6. The molecule has 42 heavy (non-hydrogen) atoms. The van der Waals surface area contributed by atoms with Gasteiger partial charge in [0.2, 0.25) is 11.8 Å². The fourth-order valence-electron chi connectivity index (χ4n) is 7.01. The standard InChI is InChI=1S/C30H32N8O4/c1-37-28(36-29(41)42-37)30(8-9-35-15-25(32)38-21(14-31)12-20-13-24(20)38)22-6-4-18(26(33)39)10-16(22)2-3-17-11-19(27(34)40)5-7-23(17)30/h4-7,10-11,20-21,24,32,35H,2-3,8-9,12-13,15H2,1H3,(H2,33,39)(H2,34,40). The number of nitrogens with zero attached hydrogens (tertiary/aromatic N) is 4. The summed E-state index contributed by atoms with van der Waals surface area (Å²) < 4.78 is 6.71. The minimum atomic E-state index is -1.02. The molecular weight excluding hydrogens is 536 g/mol. The Morgan fingerprint density at radius 2 is 1.74 bits per heavy atom. The zero-order valence-electron chi connectivity index (χ0n) is 23.2. The first-order chi connectivity index (χ1) is 20.1. The quantitative estimate of drug-likeness (QED) is 0.175. The van der Waals surface area contributed by atoms with Crippen molar-refractivity contribution in [3.05, 3.63) is 86.2 Å². The number of primary amides is 2. The average Bonchev–Trinajstić information content (AvgIpc) is 3.54. The predicted molar refractivity (Wildman–Crippen MR) is 152 cm³/mol. The number of carbonyl (C=O) groups excluding carboxylic acids is 2. The van der Waals surface area contributed by atoms with Crippen molar-refractivity contribution in [3.8, 4) is 6.07 Å². The first-order valence-electron chi connectivity index (χ1n) is 14.0. The summed E-state index contributed by atoms with van der Waals surface area (Å²) in [6.07, 6.45) is 3.33. The Morgan fingerprint density at radius 1 is 1.12 bits per heavy atom. The van der Waals surface area contributed by atoms with Gasteiger partial charge in [-0.25, -0.2) is 4.79 Å². The van der Waals surface area contributed by atoms with Gasteiger partial charge in [0, 0.05) is 24.2 Å². The molecule has 2 amide bonds. The molecule has 12 nitrogen and oxygen atoms in total. The molecule has 3 atom stereocenters. The zero-order valence-corrected chi connectivity index (χ0v) is 23.2. The molecule has 0 radical (unpaired) electrons. The molecule has 2 fully saturated rings. The first kappa shape index (κ1) is 27.4. The summed E-state index contributed by atoms with van der Waals surface area (Å²) in [7, 11) is 1.62. The van der Waals surface area contributed by atoms with E-state index in [1.807, 2.05) is 17.0 Å². The van der Waals surface area contributed by atoms with Crippen molar-refractivity contribution < 1.29 is 14.1 Å². The Labute approximate surface area is 241 Å². The third-order valence-electron chi connectivity index (χ3n) is 8.99. The molecule has 1 saturated heterocycles. The average molecular weight is 569 g/mol. The topological polar surface area (TPSA) is 197 Å². The third kappa shape index (κ3) is 4.46. The lowest BCUT2D eigenvalue weighted by Gasteiger charge is -2.35. The number of piperidine rings is 1. The Bertz CT molecular complexity index is 1650. The lowest BCUT2D eigenvalue weighted by atomic mass is 9.69. The Morgan fingerprint density at radius 3 is 2.26 bits per heavy atom. The summed E-state index contributed by atoms with van der Waals surface area (Å²) in [5.41, 5.74) is 14.3. The smallest absolute Gasteiger partial charge is 0.366 e. The van der Waals surface area contributed by atoms with Crippen LogP contribution >= 0.6 is 0 Å².